The minimum atomic E-state index is -1.30. The highest BCUT2D eigenvalue weighted by Gasteiger charge is 2.20. The molecule has 74 valence electrons. The fraction of sp³-hybridized carbons (Fsp3) is 0.300. The molecule has 0 atom stereocenters. The van der Waals surface area contributed by atoms with Crippen LogP contribution in [-0.4, -0.2) is 13.1 Å². The van der Waals surface area contributed by atoms with Crippen LogP contribution in [0.15, 0.2) is 18.2 Å². The first-order chi connectivity index (χ1) is 6.48. The number of fused-ring (bicyclic) bond motifs is 1. The minimum Gasteiger partial charge on any atom is -0.375 e. The molecule has 2 N–H and O–H groups in total. The molecule has 2 aromatic rings. The molecule has 2 nitrogen and oxygen atoms in total. The Morgan fingerprint density at radius 3 is 2.64 bits per heavy atom. The summed E-state index contributed by atoms with van der Waals surface area (Å²) in [5.41, 5.74) is 6.85. The molecule has 0 amide bonds. The highest BCUT2D eigenvalue weighted by atomic mass is 32.1. The van der Waals surface area contributed by atoms with Gasteiger partial charge in [-0.3, -0.25) is 0 Å². The van der Waals surface area contributed by atoms with Gasteiger partial charge in [-0.05, 0) is 11.3 Å². The zero-order valence-corrected chi connectivity index (χ0v) is 10.5. The van der Waals surface area contributed by atoms with Crippen LogP contribution < -0.4 is 10.9 Å². The summed E-state index contributed by atoms with van der Waals surface area (Å²) in [6.07, 6.45) is 0. The second-order valence-corrected chi connectivity index (χ2v) is 10.6. The standard InChI is InChI=1S/C10H14N2SSi/c1-14(2,3)8-6-4-5-7-9(8)12-10(11)13-7/h4-6H,1-3H3,(H2,11,12). The van der Waals surface area contributed by atoms with Crippen LogP contribution in [0.25, 0.3) is 10.2 Å². The van der Waals surface area contributed by atoms with E-state index in [1.165, 1.54) is 9.89 Å². The van der Waals surface area contributed by atoms with Crippen molar-refractivity contribution in [1.82, 2.24) is 4.98 Å². The van der Waals surface area contributed by atoms with Crippen molar-refractivity contribution < 1.29 is 0 Å². The number of hydrogen-bond donors (Lipinski definition) is 1. The van der Waals surface area contributed by atoms with E-state index in [0.29, 0.717) is 5.13 Å². The first kappa shape index (κ1) is 9.67. The predicted molar refractivity (Wildman–Crippen MR) is 67.0 cm³/mol. The summed E-state index contributed by atoms with van der Waals surface area (Å²) >= 11 is 1.57. The van der Waals surface area contributed by atoms with Crippen molar-refractivity contribution in [2.75, 3.05) is 5.73 Å². The molecule has 0 saturated heterocycles. The van der Waals surface area contributed by atoms with Crippen LogP contribution in [0.1, 0.15) is 0 Å². The Kier molecular flexibility index (Phi) is 2.12. The van der Waals surface area contributed by atoms with Gasteiger partial charge in [0, 0.05) is 0 Å². The van der Waals surface area contributed by atoms with Crippen LogP contribution in [0.4, 0.5) is 5.13 Å². The summed E-state index contributed by atoms with van der Waals surface area (Å²) in [5.74, 6) is 0. The van der Waals surface area contributed by atoms with Crippen LogP contribution in [-0.2, 0) is 0 Å². The van der Waals surface area contributed by atoms with Gasteiger partial charge in [-0.15, -0.1) is 0 Å². The number of hydrogen-bond acceptors (Lipinski definition) is 3. The van der Waals surface area contributed by atoms with Crippen molar-refractivity contribution in [3.8, 4) is 0 Å². The fourth-order valence-electron chi connectivity index (χ4n) is 1.57. The van der Waals surface area contributed by atoms with Crippen LogP contribution in [0.2, 0.25) is 19.6 Å². The van der Waals surface area contributed by atoms with Crippen LogP contribution >= 0.6 is 11.3 Å². The van der Waals surface area contributed by atoms with Crippen LogP contribution in [0.5, 0.6) is 0 Å². The smallest absolute Gasteiger partial charge is 0.181 e. The molecule has 1 heterocycles. The molecule has 0 spiro atoms. The maximum absolute atomic E-state index is 5.73. The second-order valence-electron chi connectivity index (χ2n) is 4.45. The second kappa shape index (κ2) is 3.07. The van der Waals surface area contributed by atoms with Crippen molar-refractivity contribution in [3.63, 3.8) is 0 Å². The lowest BCUT2D eigenvalue weighted by atomic mass is 10.3. The number of nitrogen functional groups attached to an aromatic ring is 1. The number of nitrogens with zero attached hydrogens (tertiary/aromatic N) is 1. The van der Waals surface area contributed by atoms with E-state index in [1.807, 2.05) is 0 Å². The largest absolute Gasteiger partial charge is 0.375 e. The maximum Gasteiger partial charge on any atom is 0.181 e. The van der Waals surface area contributed by atoms with E-state index in [9.17, 15) is 0 Å². The first-order valence-corrected chi connectivity index (χ1v) is 8.95. The Morgan fingerprint density at radius 2 is 2.00 bits per heavy atom. The Bertz CT molecular complexity index is 470. The van der Waals surface area contributed by atoms with E-state index in [0.717, 1.165) is 5.52 Å². The molecular weight excluding hydrogens is 208 g/mol. The molecule has 0 radical (unpaired) electrons. The van der Waals surface area contributed by atoms with Gasteiger partial charge in [0.1, 0.15) is 0 Å². The maximum atomic E-state index is 5.73. The lowest BCUT2D eigenvalue weighted by molar-refractivity contribution is 1.50. The molecule has 0 unspecified atom stereocenters. The summed E-state index contributed by atoms with van der Waals surface area (Å²) in [4.78, 5) is 4.41. The van der Waals surface area contributed by atoms with Crippen LogP contribution in [0.3, 0.4) is 0 Å². The molecule has 14 heavy (non-hydrogen) atoms. The summed E-state index contributed by atoms with van der Waals surface area (Å²) in [5, 5.41) is 2.08. The van der Waals surface area contributed by atoms with E-state index in [1.54, 1.807) is 11.3 Å². The summed E-state index contributed by atoms with van der Waals surface area (Å²) in [7, 11) is -1.30. The number of thiazole rings is 1. The van der Waals surface area contributed by atoms with Crippen molar-refractivity contribution in [3.05, 3.63) is 18.2 Å². The fourth-order valence-corrected chi connectivity index (χ4v) is 3.92. The topological polar surface area (TPSA) is 38.9 Å². The van der Waals surface area contributed by atoms with Gasteiger partial charge in [0.25, 0.3) is 0 Å². The molecule has 0 saturated carbocycles. The molecule has 4 heteroatoms. The van der Waals surface area contributed by atoms with Crippen LogP contribution in [0, 0.1) is 0 Å². The lowest BCUT2D eigenvalue weighted by Crippen LogP contribution is -2.38. The third kappa shape index (κ3) is 1.55. The predicted octanol–water partition coefficient (Wildman–Crippen LogP) is 2.42. The monoisotopic (exact) mass is 222 g/mol. The number of benzene rings is 1. The number of rotatable bonds is 1. The number of para-hydroxylation sites is 1. The molecule has 0 fully saturated rings. The third-order valence-corrected chi connectivity index (χ3v) is 5.11. The average molecular weight is 222 g/mol. The van der Waals surface area contributed by atoms with Gasteiger partial charge in [0.15, 0.2) is 5.13 Å². The van der Waals surface area contributed by atoms with E-state index in [2.05, 4.69) is 42.8 Å². The number of nitrogens with two attached hydrogens (primary N) is 1. The van der Waals surface area contributed by atoms with Gasteiger partial charge in [-0.1, -0.05) is 43.1 Å². The Labute approximate surface area is 88.8 Å². The van der Waals surface area contributed by atoms with Crippen molar-refractivity contribution >= 4 is 39.9 Å². The van der Waals surface area contributed by atoms with Crippen molar-refractivity contribution in [2.45, 2.75) is 19.6 Å². The van der Waals surface area contributed by atoms with E-state index < -0.39 is 8.07 Å². The highest BCUT2D eigenvalue weighted by Crippen LogP contribution is 2.23. The van der Waals surface area contributed by atoms with Gasteiger partial charge < -0.3 is 5.73 Å². The first-order valence-electron chi connectivity index (χ1n) is 4.64. The zero-order valence-electron chi connectivity index (χ0n) is 8.66. The highest BCUT2D eigenvalue weighted by molar-refractivity contribution is 7.22. The van der Waals surface area contributed by atoms with E-state index in [-0.39, 0.29) is 0 Å². The molecule has 0 aliphatic heterocycles. The SMILES string of the molecule is C[Si](C)(C)c1cccc2sc(N)nc12. The van der Waals surface area contributed by atoms with Gasteiger partial charge >= 0.3 is 0 Å². The Morgan fingerprint density at radius 1 is 1.29 bits per heavy atom. The van der Waals surface area contributed by atoms with Gasteiger partial charge in [0.2, 0.25) is 0 Å². The minimum absolute atomic E-state index is 0.672. The van der Waals surface area contributed by atoms with Gasteiger partial charge in [-0.2, -0.15) is 0 Å². The molecular formula is C10H14N2SSi. The average Bonchev–Trinajstić information content (AvgIpc) is 2.41. The quantitative estimate of drug-likeness (QED) is 0.753. The molecule has 1 aromatic heterocycles. The molecule has 2 rings (SSSR count). The number of anilines is 1. The van der Waals surface area contributed by atoms with E-state index in [4.69, 9.17) is 5.73 Å². The van der Waals surface area contributed by atoms with E-state index >= 15 is 0 Å². The molecule has 0 bridgehead atoms. The molecule has 0 aliphatic rings. The lowest BCUT2D eigenvalue weighted by Gasteiger charge is -2.16. The van der Waals surface area contributed by atoms with Crippen molar-refractivity contribution in [1.29, 1.82) is 0 Å². The molecule has 0 aliphatic carbocycles. The molecule has 1 aromatic carbocycles. The van der Waals surface area contributed by atoms with Gasteiger partial charge in [-0.25, -0.2) is 4.98 Å². The normalized spacial score (nSPS) is 12.2. The number of aromatic nitrogens is 1. The van der Waals surface area contributed by atoms with Crippen molar-refractivity contribution in [2.24, 2.45) is 0 Å². The third-order valence-electron chi connectivity index (χ3n) is 2.24. The zero-order chi connectivity index (χ0) is 10.3. The van der Waals surface area contributed by atoms with Gasteiger partial charge in [0.05, 0.1) is 18.3 Å². The Hall–Kier alpha value is -0.873. The Balaban J connectivity index is 2.77. The summed E-state index contributed by atoms with van der Waals surface area (Å²) < 4.78 is 1.21. The summed E-state index contributed by atoms with van der Waals surface area (Å²) in [6.45, 7) is 6.99. The summed E-state index contributed by atoms with van der Waals surface area (Å²) in [6, 6.07) is 6.38.